The number of sulfonamides is 1. The smallest absolute Gasteiger partial charge is 0.307 e. The number of rotatable bonds is 11. The molecular weight excluding hydrogens is 609 g/mol. The first-order valence-corrected chi connectivity index (χ1v) is 13.7. The average Bonchev–Trinajstić information content (AvgIpc) is 3.11. The molecule has 0 aliphatic rings. The summed E-state index contributed by atoms with van der Waals surface area (Å²) in [5.74, 6) is -3.07. The van der Waals surface area contributed by atoms with E-state index in [1.54, 1.807) is 0 Å². The number of oxazole rings is 1. The second-order valence-electron chi connectivity index (χ2n) is 8.20. The van der Waals surface area contributed by atoms with Crippen LogP contribution in [-0.2, 0) is 23.0 Å². The standard InChI is InChI=1S/C23H25F2IN4O5S/c1-13-22(30-36(2,33)34)35-23(28-13)21(32)29-19(9-15-6-16(24)10-17(25)7-15)20(31)12-27-11-14-4-3-5-18(26)8-14/h3-8,10,19-20,27,30-31H,9,11-12H2,1-2H3,(H,29,32)/t19-,20-/m0/s1. The monoisotopic (exact) mass is 634 g/mol. The van der Waals surface area contributed by atoms with Gasteiger partial charge < -0.3 is 20.2 Å². The minimum Gasteiger partial charge on any atom is -0.415 e. The van der Waals surface area contributed by atoms with Gasteiger partial charge in [0.15, 0.2) is 0 Å². The lowest BCUT2D eigenvalue weighted by molar-refractivity contribution is 0.0799. The van der Waals surface area contributed by atoms with Crippen LogP contribution in [-0.4, -0.2) is 49.4 Å². The van der Waals surface area contributed by atoms with Crippen LogP contribution in [0.3, 0.4) is 0 Å². The van der Waals surface area contributed by atoms with Crippen molar-refractivity contribution in [2.45, 2.75) is 32.0 Å². The number of nitrogens with one attached hydrogen (secondary N) is 3. The number of hydrogen-bond acceptors (Lipinski definition) is 7. The highest BCUT2D eigenvalue weighted by atomic mass is 127. The first-order chi connectivity index (χ1) is 16.9. The van der Waals surface area contributed by atoms with Crippen molar-refractivity contribution in [3.63, 3.8) is 0 Å². The number of benzene rings is 2. The van der Waals surface area contributed by atoms with Crippen molar-refractivity contribution in [1.82, 2.24) is 15.6 Å². The van der Waals surface area contributed by atoms with Crippen molar-refractivity contribution in [3.05, 3.63) is 80.4 Å². The molecule has 1 amide bonds. The van der Waals surface area contributed by atoms with E-state index in [0.717, 1.165) is 33.6 Å². The lowest BCUT2D eigenvalue weighted by atomic mass is 10.0. The molecule has 2 atom stereocenters. The average molecular weight is 634 g/mol. The summed E-state index contributed by atoms with van der Waals surface area (Å²) in [6.07, 6.45) is -0.337. The Morgan fingerprint density at radius 1 is 1.17 bits per heavy atom. The fraction of sp³-hybridized carbons (Fsp3) is 0.304. The van der Waals surface area contributed by atoms with E-state index in [1.165, 1.54) is 6.92 Å². The van der Waals surface area contributed by atoms with Crippen LogP contribution in [0.25, 0.3) is 0 Å². The summed E-state index contributed by atoms with van der Waals surface area (Å²) in [5, 5.41) is 16.5. The van der Waals surface area contributed by atoms with Crippen LogP contribution in [0, 0.1) is 22.1 Å². The Morgan fingerprint density at radius 3 is 2.50 bits per heavy atom. The van der Waals surface area contributed by atoms with Gasteiger partial charge in [-0.15, -0.1) is 0 Å². The van der Waals surface area contributed by atoms with Crippen LogP contribution in [0.2, 0.25) is 0 Å². The highest BCUT2D eigenvalue weighted by Crippen LogP contribution is 2.18. The molecule has 0 fully saturated rings. The molecule has 1 aromatic heterocycles. The summed E-state index contributed by atoms with van der Waals surface area (Å²) < 4.78 is 58.8. The largest absolute Gasteiger partial charge is 0.415 e. The number of nitrogens with zero attached hydrogens (tertiary/aromatic N) is 1. The SMILES string of the molecule is Cc1nc(C(=O)N[C@@H](Cc2cc(F)cc(F)c2)[C@@H](O)CNCc2cccc(I)c2)oc1NS(C)(=O)=O. The highest BCUT2D eigenvalue weighted by molar-refractivity contribution is 14.1. The molecule has 9 nitrogen and oxygen atoms in total. The molecule has 3 aromatic rings. The predicted molar refractivity (Wildman–Crippen MR) is 138 cm³/mol. The van der Waals surface area contributed by atoms with E-state index >= 15 is 0 Å². The number of carbonyl (C=O) groups is 1. The number of carbonyl (C=O) groups excluding carboxylic acids is 1. The third kappa shape index (κ3) is 8.50. The maximum Gasteiger partial charge on any atom is 0.307 e. The van der Waals surface area contributed by atoms with E-state index in [1.807, 2.05) is 24.3 Å². The number of hydrogen-bond donors (Lipinski definition) is 4. The Labute approximate surface area is 220 Å². The molecule has 13 heteroatoms. The van der Waals surface area contributed by atoms with Gasteiger partial charge in [0.1, 0.15) is 17.3 Å². The molecule has 2 aromatic carbocycles. The van der Waals surface area contributed by atoms with Crippen molar-refractivity contribution in [1.29, 1.82) is 0 Å². The molecule has 1 heterocycles. The second-order valence-corrected chi connectivity index (χ2v) is 11.2. The lowest BCUT2D eigenvalue weighted by Crippen LogP contribution is -2.48. The van der Waals surface area contributed by atoms with Gasteiger partial charge in [0.2, 0.25) is 15.9 Å². The summed E-state index contributed by atoms with van der Waals surface area (Å²) in [5.41, 5.74) is 1.34. The Kier molecular flexibility index (Phi) is 9.38. The van der Waals surface area contributed by atoms with Crippen molar-refractivity contribution < 1.29 is 31.5 Å². The van der Waals surface area contributed by atoms with E-state index in [2.05, 4.69) is 42.9 Å². The fourth-order valence-corrected chi connectivity index (χ4v) is 4.54. The number of aliphatic hydroxyl groups excluding tert-OH is 1. The maximum atomic E-state index is 13.7. The summed E-state index contributed by atoms with van der Waals surface area (Å²) in [4.78, 5) is 16.8. The van der Waals surface area contributed by atoms with Crippen LogP contribution in [0.1, 0.15) is 27.5 Å². The van der Waals surface area contributed by atoms with Gasteiger partial charge in [-0.3, -0.25) is 9.52 Å². The van der Waals surface area contributed by atoms with Gasteiger partial charge in [0, 0.05) is 22.7 Å². The maximum absolute atomic E-state index is 13.7. The number of aliphatic hydroxyl groups is 1. The highest BCUT2D eigenvalue weighted by Gasteiger charge is 2.26. The number of halogens is 3. The minimum absolute atomic E-state index is 0.0553. The Hall–Kier alpha value is -2.62. The molecule has 4 N–H and O–H groups in total. The van der Waals surface area contributed by atoms with Crippen molar-refractivity contribution in [2.24, 2.45) is 0 Å². The fourth-order valence-electron chi connectivity index (χ4n) is 3.41. The van der Waals surface area contributed by atoms with E-state index < -0.39 is 45.6 Å². The third-order valence-corrected chi connectivity index (χ3v) is 6.23. The first kappa shape index (κ1) is 28.0. The Bertz CT molecular complexity index is 1320. The van der Waals surface area contributed by atoms with Crippen LogP contribution < -0.4 is 15.4 Å². The molecule has 0 unspecified atom stereocenters. The van der Waals surface area contributed by atoms with Crippen molar-refractivity contribution >= 4 is 44.4 Å². The predicted octanol–water partition coefficient (Wildman–Crippen LogP) is 2.73. The molecule has 3 rings (SSSR count). The van der Waals surface area contributed by atoms with Crippen molar-refractivity contribution in [2.75, 3.05) is 17.5 Å². The molecule has 36 heavy (non-hydrogen) atoms. The summed E-state index contributed by atoms with van der Waals surface area (Å²) in [7, 11) is -3.67. The molecule has 0 aliphatic carbocycles. The van der Waals surface area contributed by atoms with E-state index in [4.69, 9.17) is 4.42 Å². The van der Waals surface area contributed by atoms with Gasteiger partial charge in [0.05, 0.1) is 18.4 Å². The molecule has 0 saturated heterocycles. The van der Waals surface area contributed by atoms with E-state index in [9.17, 15) is 27.1 Å². The van der Waals surface area contributed by atoms with Crippen molar-refractivity contribution in [3.8, 4) is 0 Å². The third-order valence-electron chi connectivity index (χ3n) is 5.00. The van der Waals surface area contributed by atoms with Gasteiger partial charge >= 0.3 is 5.91 Å². The molecule has 0 aliphatic heterocycles. The summed E-state index contributed by atoms with van der Waals surface area (Å²) >= 11 is 2.19. The number of aromatic nitrogens is 1. The summed E-state index contributed by atoms with van der Waals surface area (Å²) in [6, 6.07) is 9.70. The normalized spacial score (nSPS) is 13.3. The zero-order chi connectivity index (χ0) is 26.5. The Morgan fingerprint density at radius 2 is 1.86 bits per heavy atom. The molecule has 0 saturated carbocycles. The van der Waals surface area contributed by atoms with Gasteiger partial charge in [-0.05, 0) is 71.3 Å². The number of aryl methyl sites for hydroxylation is 1. The molecular formula is C23H25F2IN4O5S. The molecule has 0 radical (unpaired) electrons. The minimum atomic E-state index is -3.67. The number of anilines is 1. The van der Waals surface area contributed by atoms with Crippen LogP contribution >= 0.6 is 22.6 Å². The van der Waals surface area contributed by atoms with Gasteiger partial charge in [-0.25, -0.2) is 22.2 Å². The molecule has 194 valence electrons. The quantitative estimate of drug-likeness (QED) is 0.239. The zero-order valence-electron chi connectivity index (χ0n) is 19.4. The zero-order valence-corrected chi connectivity index (χ0v) is 22.4. The van der Waals surface area contributed by atoms with Crippen LogP contribution in [0.5, 0.6) is 0 Å². The topological polar surface area (TPSA) is 134 Å². The lowest BCUT2D eigenvalue weighted by Gasteiger charge is -2.24. The van der Waals surface area contributed by atoms with Gasteiger partial charge in [-0.1, -0.05) is 12.1 Å². The van der Waals surface area contributed by atoms with Crippen LogP contribution in [0.4, 0.5) is 14.7 Å². The molecule has 0 bridgehead atoms. The Balaban J connectivity index is 1.75. The molecule has 0 spiro atoms. The second kappa shape index (κ2) is 12.1. The number of amides is 1. The summed E-state index contributed by atoms with van der Waals surface area (Å²) in [6.45, 7) is 1.95. The van der Waals surface area contributed by atoms with Gasteiger partial charge in [-0.2, -0.15) is 0 Å². The van der Waals surface area contributed by atoms with Gasteiger partial charge in [0.25, 0.3) is 5.89 Å². The van der Waals surface area contributed by atoms with E-state index in [-0.39, 0.29) is 30.1 Å². The van der Waals surface area contributed by atoms with E-state index in [0.29, 0.717) is 6.54 Å². The van der Waals surface area contributed by atoms with Crippen LogP contribution in [0.15, 0.2) is 46.9 Å². The first-order valence-electron chi connectivity index (χ1n) is 10.7.